The minimum absolute atomic E-state index is 0.0224. The van der Waals surface area contributed by atoms with E-state index >= 15 is 0 Å². The van der Waals surface area contributed by atoms with Crippen molar-refractivity contribution in [2.45, 2.75) is 19.8 Å². The first-order chi connectivity index (χ1) is 10.2. The van der Waals surface area contributed by atoms with Gasteiger partial charge in [-0.15, -0.1) is 11.3 Å². The fraction of sp³-hybridized carbons (Fsp3) is 0.250. The molecule has 21 heavy (non-hydrogen) atoms. The van der Waals surface area contributed by atoms with Crippen molar-refractivity contribution in [1.29, 1.82) is 0 Å². The maximum Gasteiger partial charge on any atom is 0.268 e. The van der Waals surface area contributed by atoms with Crippen LogP contribution >= 0.6 is 11.3 Å². The summed E-state index contributed by atoms with van der Waals surface area (Å²) in [6.45, 7) is 2.58. The van der Waals surface area contributed by atoms with Crippen molar-refractivity contribution in [2.75, 3.05) is 11.4 Å². The third-order valence-electron chi connectivity index (χ3n) is 3.72. The van der Waals surface area contributed by atoms with Crippen LogP contribution in [0.25, 0.3) is 0 Å². The molecule has 1 aliphatic heterocycles. The molecule has 0 fully saturated rings. The van der Waals surface area contributed by atoms with Crippen LogP contribution in [0.4, 0.5) is 5.69 Å². The Kier molecular flexibility index (Phi) is 3.75. The van der Waals surface area contributed by atoms with Crippen molar-refractivity contribution in [2.24, 2.45) is 5.16 Å². The van der Waals surface area contributed by atoms with Crippen LogP contribution in [0.2, 0.25) is 0 Å². The Balaban J connectivity index is 2.07. The summed E-state index contributed by atoms with van der Waals surface area (Å²) in [6, 6.07) is 9.57. The highest BCUT2D eigenvalue weighted by Gasteiger charge is 2.26. The number of nitrogens with zero attached hydrogens (tertiary/aromatic N) is 2. The highest BCUT2D eigenvalue weighted by Crippen LogP contribution is 2.29. The first kappa shape index (κ1) is 13.8. The Morgan fingerprint density at radius 3 is 2.86 bits per heavy atom. The number of carbonyl (C=O) groups excluding carboxylic acids is 1. The van der Waals surface area contributed by atoms with E-state index in [2.05, 4.69) is 5.16 Å². The van der Waals surface area contributed by atoms with E-state index in [1.165, 1.54) is 11.3 Å². The quantitative estimate of drug-likeness (QED) is 0.645. The number of para-hydroxylation sites is 1. The van der Waals surface area contributed by atoms with Crippen LogP contribution in [0.5, 0.6) is 0 Å². The number of rotatable bonds is 1. The van der Waals surface area contributed by atoms with Crippen molar-refractivity contribution in [3.05, 3.63) is 51.7 Å². The number of hydrogen-bond donors (Lipinski definition) is 1. The summed E-state index contributed by atoms with van der Waals surface area (Å²) in [5, 5.41) is 14.5. The minimum Gasteiger partial charge on any atom is -0.411 e. The first-order valence-electron chi connectivity index (χ1n) is 6.88. The molecule has 0 spiro atoms. The maximum absolute atomic E-state index is 12.8. The average Bonchev–Trinajstić information content (AvgIpc) is 2.84. The number of benzene rings is 1. The van der Waals surface area contributed by atoms with Gasteiger partial charge in [0.1, 0.15) is 0 Å². The lowest BCUT2D eigenvalue weighted by Gasteiger charge is -2.22. The summed E-state index contributed by atoms with van der Waals surface area (Å²) in [4.78, 5) is 15.4. The lowest BCUT2D eigenvalue weighted by atomic mass is 10.1. The van der Waals surface area contributed by atoms with Crippen LogP contribution in [0.3, 0.4) is 0 Å². The average molecular weight is 300 g/mol. The maximum atomic E-state index is 12.8. The van der Waals surface area contributed by atoms with E-state index in [0.29, 0.717) is 18.7 Å². The first-order valence-corrected chi connectivity index (χ1v) is 7.76. The van der Waals surface area contributed by atoms with Crippen molar-refractivity contribution < 1.29 is 10.0 Å². The number of thiophene rings is 1. The third-order valence-corrected chi connectivity index (χ3v) is 4.73. The number of carbonyl (C=O) groups is 1. The van der Waals surface area contributed by atoms with E-state index in [0.717, 1.165) is 28.1 Å². The van der Waals surface area contributed by atoms with Gasteiger partial charge < -0.3 is 10.1 Å². The number of amides is 1. The summed E-state index contributed by atoms with van der Waals surface area (Å²) >= 11 is 1.47. The SMILES string of the molecule is Cc1ccsc1C(=O)N1CCC/C(=N/O)c2ccccc21. The Labute approximate surface area is 127 Å². The molecule has 1 aromatic heterocycles. The van der Waals surface area contributed by atoms with Crippen LogP contribution in [-0.4, -0.2) is 23.4 Å². The molecule has 0 saturated heterocycles. The predicted molar refractivity (Wildman–Crippen MR) is 84.7 cm³/mol. The van der Waals surface area contributed by atoms with Gasteiger partial charge in [0, 0.05) is 12.1 Å². The van der Waals surface area contributed by atoms with E-state index in [-0.39, 0.29) is 5.91 Å². The number of hydrogen-bond acceptors (Lipinski definition) is 4. The summed E-state index contributed by atoms with van der Waals surface area (Å²) in [5.41, 5.74) is 3.30. The molecule has 0 aliphatic carbocycles. The van der Waals surface area contributed by atoms with Crippen LogP contribution < -0.4 is 4.90 Å². The molecule has 108 valence electrons. The Morgan fingerprint density at radius 1 is 1.33 bits per heavy atom. The molecule has 4 nitrogen and oxygen atoms in total. The topological polar surface area (TPSA) is 52.9 Å². The van der Waals surface area contributed by atoms with Crippen LogP contribution in [0.15, 0.2) is 40.9 Å². The van der Waals surface area contributed by atoms with Gasteiger partial charge in [-0.2, -0.15) is 0 Å². The summed E-state index contributed by atoms with van der Waals surface area (Å²) in [5.74, 6) is 0.0224. The van der Waals surface area contributed by atoms with Crippen LogP contribution in [-0.2, 0) is 0 Å². The molecule has 1 aromatic carbocycles. The molecule has 0 saturated carbocycles. The molecule has 5 heteroatoms. The van der Waals surface area contributed by atoms with Crippen molar-refractivity contribution in [1.82, 2.24) is 0 Å². The lowest BCUT2D eigenvalue weighted by molar-refractivity contribution is 0.0990. The molecule has 1 N–H and O–H groups in total. The lowest BCUT2D eigenvalue weighted by Crippen LogP contribution is -2.31. The number of oxime groups is 1. The zero-order valence-corrected chi connectivity index (χ0v) is 12.6. The van der Waals surface area contributed by atoms with Gasteiger partial charge in [0.25, 0.3) is 5.91 Å². The normalized spacial score (nSPS) is 16.6. The highest BCUT2D eigenvalue weighted by atomic mass is 32.1. The van der Waals surface area contributed by atoms with Crippen molar-refractivity contribution >= 4 is 28.6 Å². The standard InChI is InChI=1S/C16H16N2O2S/c1-11-8-10-21-15(11)16(19)18-9-4-6-13(17-20)12-5-2-3-7-14(12)18/h2-3,5,7-8,10,20H,4,6,9H2,1H3/b17-13-. The monoisotopic (exact) mass is 300 g/mol. The van der Waals surface area contributed by atoms with E-state index < -0.39 is 0 Å². The fourth-order valence-electron chi connectivity index (χ4n) is 2.64. The third kappa shape index (κ3) is 2.45. The molecule has 2 heterocycles. The van der Waals surface area contributed by atoms with Crippen molar-refractivity contribution in [3.63, 3.8) is 0 Å². The second-order valence-electron chi connectivity index (χ2n) is 5.06. The molecule has 0 bridgehead atoms. The van der Waals surface area contributed by atoms with Crippen LogP contribution in [0, 0.1) is 6.92 Å². The summed E-state index contributed by atoms with van der Waals surface area (Å²) < 4.78 is 0. The van der Waals surface area contributed by atoms with Gasteiger partial charge >= 0.3 is 0 Å². The van der Waals surface area contributed by atoms with Gasteiger partial charge in [-0.25, -0.2) is 0 Å². The molecule has 0 radical (unpaired) electrons. The summed E-state index contributed by atoms with van der Waals surface area (Å²) in [7, 11) is 0. The second kappa shape index (κ2) is 5.69. The van der Waals surface area contributed by atoms with Crippen molar-refractivity contribution in [3.8, 4) is 0 Å². The Bertz CT molecular complexity index is 706. The number of anilines is 1. The molecule has 1 amide bonds. The van der Waals surface area contributed by atoms with E-state index in [9.17, 15) is 10.0 Å². The zero-order chi connectivity index (χ0) is 14.8. The molecule has 0 atom stereocenters. The van der Waals surface area contributed by atoms with E-state index in [1.54, 1.807) is 4.90 Å². The summed E-state index contributed by atoms with van der Waals surface area (Å²) in [6.07, 6.45) is 1.45. The fourth-order valence-corrected chi connectivity index (χ4v) is 3.52. The van der Waals surface area contributed by atoms with Gasteiger partial charge in [0.05, 0.1) is 16.3 Å². The van der Waals surface area contributed by atoms with E-state index in [4.69, 9.17) is 0 Å². The molecule has 2 aromatic rings. The highest BCUT2D eigenvalue weighted by molar-refractivity contribution is 7.12. The van der Waals surface area contributed by atoms with Gasteiger partial charge in [0.15, 0.2) is 0 Å². The number of aryl methyl sites for hydroxylation is 1. The van der Waals surface area contributed by atoms with Gasteiger partial charge in [-0.05, 0) is 42.8 Å². The predicted octanol–water partition coefficient (Wildman–Crippen LogP) is 3.68. The largest absolute Gasteiger partial charge is 0.411 e. The molecule has 0 unspecified atom stereocenters. The molecular weight excluding hydrogens is 284 g/mol. The van der Waals surface area contributed by atoms with Gasteiger partial charge in [0.2, 0.25) is 0 Å². The second-order valence-corrected chi connectivity index (χ2v) is 5.97. The Hall–Kier alpha value is -2.14. The molecule has 1 aliphatic rings. The van der Waals surface area contributed by atoms with E-state index in [1.807, 2.05) is 42.6 Å². The van der Waals surface area contributed by atoms with Crippen LogP contribution in [0.1, 0.15) is 33.6 Å². The molecule has 3 rings (SSSR count). The smallest absolute Gasteiger partial charge is 0.268 e. The Morgan fingerprint density at radius 2 is 2.14 bits per heavy atom. The zero-order valence-electron chi connectivity index (χ0n) is 11.7. The molecular formula is C16H16N2O2S. The van der Waals surface area contributed by atoms with Gasteiger partial charge in [-0.1, -0.05) is 23.4 Å². The number of fused-ring (bicyclic) bond motifs is 1. The minimum atomic E-state index is 0.0224. The van der Waals surface area contributed by atoms with Gasteiger partial charge in [-0.3, -0.25) is 4.79 Å².